The van der Waals surface area contributed by atoms with E-state index in [1.165, 1.54) is 5.56 Å². The van der Waals surface area contributed by atoms with Crippen molar-refractivity contribution >= 4 is 17.5 Å². The normalized spacial score (nSPS) is 17.7. The smallest absolute Gasteiger partial charge is 0.227 e. The van der Waals surface area contributed by atoms with Crippen molar-refractivity contribution in [3.05, 3.63) is 64.9 Å². The zero-order valence-corrected chi connectivity index (χ0v) is 13.2. The summed E-state index contributed by atoms with van der Waals surface area (Å²) in [6.07, 6.45) is 5.77. The fourth-order valence-electron chi connectivity index (χ4n) is 2.99. The van der Waals surface area contributed by atoms with Gasteiger partial charge in [-0.05, 0) is 36.0 Å². The van der Waals surface area contributed by atoms with Crippen molar-refractivity contribution in [2.75, 3.05) is 13.1 Å². The number of hydrogen-bond donors (Lipinski definition) is 0. The Balaban J connectivity index is 1.56. The molecule has 1 aliphatic heterocycles. The maximum absolute atomic E-state index is 12.4. The van der Waals surface area contributed by atoms with Crippen LogP contribution < -0.4 is 0 Å². The highest BCUT2D eigenvalue weighted by Gasteiger charge is 2.26. The van der Waals surface area contributed by atoms with Gasteiger partial charge in [-0.2, -0.15) is 0 Å². The largest absolute Gasteiger partial charge is 0.342 e. The Hall–Kier alpha value is -1.87. The lowest BCUT2D eigenvalue weighted by Gasteiger charge is -2.17. The van der Waals surface area contributed by atoms with Crippen LogP contribution >= 0.6 is 11.6 Å². The standard InChI is InChI=1S/C18H19ClN2O/c19-17-6-8-20-12-16(17)11-18(22)21-9-7-15(13-21)10-14-4-2-1-3-5-14/h1-6,8,12,15H,7,9-11,13H2. The maximum atomic E-state index is 12.4. The first-order chi connectivity index (χ1) is 10.7. The quantitative estimate of drug-likeness (QED) is 0.867. The van der Waals surface area contributed by atoms with Gasteiger partial charge in [-0.25, -0.2) is 0 Å². The van der Waals surface area contributed by atoms with Gasteiger partial charge in [-0.1, -0.05) is 41.9 Å². The Morgan fingerprint density at radius 1 is 1.27 bits per heavy atom. The zero-order valence-electron chi connectivity index (χ0n) is 12.4. The van der Waals surface area contributed by atoms with Gasteiger partial charge in [0.1, 0.15) is 0 Å². The van der Waals surface area contributed by atoms with E-state index in [1.54, 1.807) is 18.5 Å². The maximum Gasteiger partial charge on any atom is 0.227 e. The number of halogens is 1. The van der Waals surface area contributed by atoms with Gasteiger partial charge in [0.15, 0.2) is 0 Å². The summed E-state index contributed by atoms with van der Waals surface area (Å²) < 4.78 is 0. The topological polar surface area (TPSA) is 33.2 Å². The minimum Gasteiger partial charge on any atom is -0.342 e. The molecule has 1 aromatic carbocycles. The number of aromatic nitrogens is 1. The summed E-state index contributed by atoms with van der Waals surface area (Å²) in [5.74, 6) is 0.696. The van der Waals surface area contributed by atoms with Gasteiger partial charge in [0.2, 0.25) is 5.91 Å². The number of amides is 1. The first-order valence-electron chi connectivity index (χ1n) is 7.62. The summed E-state index contributed by atoms with van der Waals surface area (Å²) in [6.45, 7) is 1.68. The van der Waals surface area contributed by atoms with E-state index in [9.17, 15) is 4.79 Å². The Kier molecular flexibility index (Phi) is 4.74. The second kappa shape index (κ2) is 6.93. The molecule has 1 aromatic heterocycles. The van der Waals surface area contributed by atoms with Crippen molar-refractivity contribution in [1.29, 1.82) is 0 Å². The van der Waals surface area contributed by atoms with E-state index in [1.807, 2.05) is 11.0 Å². The first kappa shape index (κ1) is 15.0. The molecular weight excluding hydrogens is 296 g/mol. The number of carbonyl (C=O) groups excluding carboxylic acids is 1. The molecule has 1 aliphatic rings. The van der Waals surface area contributed by atoms with E-state index in [0.29, 0.717) is 17.4 Å². The van der Waals surface area contributed by atoms with E-state index >= 15 is 0 Å². The van der Waals surface area contributed by atoms with Crippen LogP contribution in [-0.2, 0) is 17.6 Å². The highest BCUT2D eigenvalue weighted by Crippen LogP contribution is 2.22. The van der Waals surface area contributed by atoms with Gasteiger partial charge >= 0.3 is 0 Å². The molecule has 1 atom stereocenters. The lowest BCUT2D eigenvalue weighted by Crippen LogP contribution is -2.30. The number of pyridine rings is 1. The van der Waals surface area contributed by atoms with Crippen LogP contribution in [-0.4, -0.2) is 28.9 Å². The highest BCUT2D eigenvalue weighted by molar-refractivity contribution is 6.31. The Morgan fingerprint density at radius 2 is 2.09 bits per heavy atom. The molecule has 0 spiro atoms. The summed E-state index contributed by atoms with van der Waals surface area (Å²) in [7, 11) is 0. The third kappa shape index (κ3) is 3.66. The molecule has 1 saturated heterocycles. The third-order valence-electron chi connectivity index (χ3n) is 4.19. The van der Waals surface area contributed by atoms with Gasteiger partial charge < -0.3 is 4.90 Å². The number of benzene rings is 1. The fourth-order valence-corrected chi connectivity index (χ4v) is 3.16. The van der Waals surface area contributed by atoms with Crippen molar-refractivity contribution in [2.24, 2.45) is 5.92 Å². The van der Waals surface area contributed by atoms with Gasteiger partial charge in [-0.3, -0.25) is 9.78 Å². The monoisotopic (exact) mass is 314 g/mol. The molecule has 22 heavy (non-hydrogen) atoms. The number of nitrogens with zero attached hydrogens (tertiary/aromatic N) is 2. The van der Waals surface area contributed by atoms with Crippen LogP contribution in [0.25, 0.3) is 0 Å². The van der Waals surface area contributed by atoms with Crippen molar-refractivity contribution in [1.82, 2.24) is 9.88 Å². The van der Waals surface area contributed by atoms with Crippen LogP contribution in [0.1, 0.15) is 17.5 Å². The second-order valence-electron chi connectivity index (χ2n) is 5.83. The lowest BCUT2D eigenvalue weighted by molar-refractivity contribution is -0.129. The molecule has 0 N–H and O–H groups in total. The van der Waals surface area contributed by atoms with Crippen LogP contribution in [0.3, 0.4) is 0 Å². The average molecular weight is 315 g/mol. The SMILES string of the molecule is O=C(Cc1cnccc1Cl)N1CCC(Cc2ccccc2)C1. The molecule has 0 bridgehead atoms. The molecule has 3 rings (SSSR count). The number of likely N-dealkylation sites (tertiary alicyclic amines) is 1. The molecule has 2 heterocycles. The molecule has 1 unspecified atom stereocenters. The number of carbonyl (C=O) groups is 1. The van der Waals surface area contributed by atoms with E-state index in [0.717, 1.165) is 31.5 Å². The number of rotatable bonds is 4. The van der Waals surface area contributed by atoms with Crippen LogP contribution in [0.2, 0.25) is 5.02 Å². The van der Waals surface area contributed by atoms with Crippen LogP contribution in [0, 0.1) is 5.92 Å². The molecule has 4 heteroatoms. The summed E-state index contributed by atoms with van der Waals surface area (Å²) in [4.78, 5) is 18.4. The van der Waals surface area contributed by atoms with Gasteiger partial charge in [0.25, 0.3) is 0 Å². The van der Waals surface area contributed by atoms with Crippen LogP contribution in [0.5, 0.6) is 0 Å². The first-order valence-corrected chi connectivity index (χ1v) is 8.00. The summed E-state index contributed by atoms with van der Waals surface area (Å²) in [5, 5.41) is 0.614. The fraction of sp³-hybridized carbons (Fsp3) is 0.333. The van der Waals surface area contributed by atoms with Crippen molar-refractivity contribution in [3.8, 4) is 0 Å². The van der Waals surface area contributed by atoms with Crippen LogP contribution in [0.4, 0.5) is 0 Å². The Bertz CT molecular complexity index is 645. The van der Waals surface area contributed by atoms with E-state index in [2.05, 4.69) is 29.2 Å². The summed E-state index contributed by atoms with van der Waals surface area (Å²) in [6, 6.07) is 12.2. The Morgan fingerprint density at radius 3 is 2.86 bits per heavy atom. The minimum absolute atomic E-state index is 0.144. The van der Waals surface area contributed by atoms with Gasteiger partial charge in [0, 0.05) is 30.5 Å². The van der Waals surface area contributed by atoms with Crippen molar-refractivity contribution in [3.63, 3.8) is 0 Å². The summed E-state index contributed by atoms with van der Waals surface area (Å²) >= 11 is 6.10. The molecule has 114 valence electrons. The predicted octanol–water partition coefficient (Wildman–Crippen LogP) is 3.37. The van der Waals surface area contributed by atoms with E-state index in [4.69, 9.17) is 11.6 Å². The van der Waals surface area contributed by atoms with Gasteiger partial charge in [-0.15, -0.1) is 0 Å². The molecule has 1 fully saturated rings. The van der Waals surface area contributed by atoms with Crippen molar-refractivity contribution in [2.45, 2.75) is 19.3 Å². The molecule has 0 aliphatic carbocycles. The average Bonchev–Trinajstić information content (AvgIpc) is 2.99. The molecular formula is C18H19ClN2O. The third-order valence-corrected chi connectivity index (χ3v) is 4.56. The Labute approximate surface area is 135 Å². The molecule has 0 radical (unpaired) electrons. The van der Waals surface area contributed by atoms with E-state index < -0.39 is 0 Å². The highest BCUT2D eigenvalue weighted by atomic mass is 35.5. The molecule has 1 amide bonds. The number of hydrogen-bond acceptors (Lipinski definition) is 2. The zero-order chi connectivity index (χ0) is 15.4. The second-order valence-corrected chi connectivity index (χ2v) is 6.24. The van der Waals surface area contributed by atoms with Crippen LogP contribution in [0.15, 0.2) is 48.8 Å². The molecule has 2 aromatic rings. The van der Waals surface area contributed by atoms with Crippen molar-refractivity contribution < 1.29 is 4.79 Å². The van der Waals surface area contributed by atoms with Gasteiger partial charge in [0.05, 0.1) is 6.42 Å². The molecule has 3 nitrogen and oxygen atoms in total. The van der Waals surface area contributed by atoms with E-state index in [-0.39, 0.29) is 5.91 Å². The predicted molar refractivity (Wildman–Crippen MR) is 87.8 cm³/mol. The molecule has 0 saturated carbocycles. The minimum atomic E-state index is 0.144. The summed E-state index contributed by atoms with van der Waals surface area (Å²) in [5.41, 5.74) is 2.15. The lowest BCUT2D eigenvalue weighted by atomic mass is 9.99.